The van der Waals surface area contributed by atoms with Crippen LogP contribution in [0.25, 0.3) is 0 Å². The van der Waals surface area contributed by atoms with Crippen molar-refractivity contribution in [2.45, 2.75) is 0 Å². The first kappa shape index (κ1) is 12.9. The summed E-state index contributed by atoms with van der Waals surface area (Å²) in [6.45, 7) is 0. The number of benzene rings is 1. The van der Waals surface area contributed by atoms with Crippen LogP contribution in [0.3, 0.4) is 0 Å². The van der Waals surface area contributed by atoms with E-state index in [9.17, 15) is 8.42 Å². The first-order chi connectivity index (χ1) is 7.37. The molecule has 0 fully saturated rings. The van der Waals surface area contributed by atoms with Gasteiger partial charge in [-0.2, -0.15) is 8.42 Å². The molecule has 0 unspecified atom stereocenters. The molecule has 0 spiro atoms. The van der Waals surface area contributed by atoms with Gasteiger partial charge in [0.05, 0.1) is 24.9 Å². The molecule has 0 aliphatic heterocycles. The van der Waals surface area contributed by atoms with Crippen LogP contribution in [0.15, 0.2) is 12.1 Å². The Labute approximate surface area is 98.5 Å². The predicted molar refractivity (Wildman–Crippen MR) is 61.3 cm³/mol. The lowest BCUT2D eigenvalue weighted by Gasteiger charge is -2.11. The smallest absolute Gasteiger partial charge is 0.296 e. The summed E-state index contributed by atoms with van der Waals surface area (Å²) in [7, 11) is -1.01. The van der Waals surface area contributed by atoms with Gasteiger partial charge < -0.3 is 9.47 Å². The molecule has 0 aliphatic carbocycles. The van der Waals surface area contributed by atoms with Gasteiger partial charge in [0, 0.05) is 12.1 Å². The third kappa shape index (κ3) is 3.16. The van der Waals surface area contributed by atoms with Crippen molar-refractivity contribution in [3.05, 3.63) is 17.2 Å². The number of halogens is 1. The summed E-state index contributed by atoms with van der Waals surface area (Å²) in [6, 6.07) is 2.81. The van der Waals surface area contributed by atoms with Gasteiger partial charge in [-0.1, -0.05) is 11.6 Å². The lowest BCUT2D eigenvalue weighted by molar-refractivity contribution is 0.355. The summed E-state index contributed by atoms with van der Waals surface area (Å²) in [5, 5.41) is 4.99. The molecule has 1 aromatic carbocycles. The molecule has 3 N–H and O–H groups in total. The molecular weight excluding hydrogens is 256 g/mol. The molecule has 0 bridgehead atoms. The van der Waals surface area contributed by atoms with Crippen LogP contribution in [0.2, 0.25) is 5.02 Å². The van der Waals surface area contributed by atoms with Gasteiger partial charge in [-0.3, -0.25) is 4.72 Å². The van der Waals surface area contributed by atoms with Crippen molar-refractivity contribution in [3.63, 3.8) is 0 Å². The van der Waals surface area contributed by atoms with Gasteiger partial charge in [0.15, 0.2) is 11.5 Å². The molecule has 0 saturated carbocycles. The number of ether oxygens (including phenoxy) is 2. The number of rotatable bonds is 4. The maximum atomic E-state index is 10.8. The molecule has 0 aliphatic rings. The number of methoxy groups -OCH3 is 2. The first-order valence-corrected chi connectivity index (χ1v) is 6.02. The third-order valence-electron chi connectivity index (χ3n) is 1.73. The molecule has 6 nitrogen and oxygen atoms in total. The second-order valence-electron chi connectivity index (χ2n) is 2.83. The zero-order valence-corrected chi connectivity index (χ0v) is 10.2. The van der Waals surface area contributed by atoms with Crippen LogP contribution in [0.1, 0.15) is 0 Å². The van der Waals surface area contributed by atoms with Crippen molar-refractivity contribution >= 4 is 27.5 Å². The van der Waals surface area contributed by atoms with E-state index in [0.29, 0.717) is 11.5 Å². The molecule has 0 atom stereocenters. The van der Waals surface area contributed by atoms with Crippen LogP contribution in [0.5, 0.6) is 11.5 Å². The highest BCUT2D eigenvalue weighted by Gasteiger charge is 2.12. The highest BCUT2D eigenvalue weighted by molar-refractivity contribution is 7.90. The molecule has 0 heterocycles. The Morgan fingerprint density at radius 1 is 1.25 bits per heavy atom. The van der Waals surface area contributed by atoms with Crippen molar-refractivity contribution in [2.75, 3.05) is 18.9 Å². The van der Waals surface area contributed by atoms with Crippen LogP contribution in [0, 0.1) is 0 Å². The average Bonchev–Trinajstić information content (AvgIpc) is 2.18. The molecule has 0 aromatic heterocycles. The van der Waals surface area contributed by atoms with Crippen LogP contribution in [-0.2, 0) is 10.2 Å². The molecule has 90 valence electrons. The molecule has 1 aromatic rings. The molecule has 0 saturated heterocycles. The van der Waals surface area contributed by atoms with E-state index in [1.807, 2.05) is 0 Å². The standard InChI is InChI=1S/C8H11ClN2O4S/c1-14-7-3-5(9)6(4-8(7)15-2)11-16(10,12)13/h3-4,11H,1-2H3,(H2,10,12,13). The van der Waals surface area contributed by atoms with E-state index in [1.165, 1.54) is 26.4 Å². The number of nitrogens with two attached hydrogens (primary N) is 1. The molecule has 1 rings (SSSR count). The first-order valence-electron chi connectivity index (χ1n) is 4.09. The Morgan fingerprint density at radius 3 is 2.19 bits per heavy atom. The number of hydrogen-bond donors (Lipinski definition) is 2. The fourth-order valence-electron chi connectivity index (χ4n) is 1.09. The minimum Gasteiger partial charge on any atom is -0.493 e. The Bertz CT molecular complexity index is 489. The second kappa shape index (κ2) is 4.77. The topological polar surface area (TPSA) is 90.6 Å². The van der Waals surface area contributed by atoms with Crippen molar-refractivity contribution in [1.82, 2.24) is 0 Å². The largest absolute Gasteiger partial charge is 0.493 e. The maximum Gasteiger partial charge on any atom is 0.296 e. The molecular formula is C8H11ClN2O4S. The highest BCUT2D eigenvalue weighted by atomic mass is 35.5. The molecule has 0 amide bonds. The minimum absolute atomic E-state index is 0.127. The zero-order chi connectivity index (χ0) is 12.3. The Kier molecular flexibility index (Phi) is 3.84. The van der Waals surface area contributed by atoms with Crippen molar-refractivity contribution < 1.29 is 17.9 Å². The van der Waals surface area contributed by atoms with Gasteiger partial charge >= 0.3 is 0 Å². The minimum atomic E-state index is -3.88. The van der Waals surface area contributed by atoms with Gasteiger partial charge in [-0.25, -0.2) is 5.14 Å². The highest BCUT2D eigenvalue weighted by Crippen LogP contribution is 2.36. The summed E-state index contributed by atoms with van der Waals surface area (Å²) < 4.78 is 33.7. The third-order valence-corrected chi connectivity index (χ3v) is 2.54. The molecule has 8 heteroatoms. The van der Waals surface area contributed by atoms with Crippen LogP contribution < -0.4 is 19.3 Å². The summed E-state index contributed by atoms with van der Waals surface area (Å²) in [4.78, 5) is 0. The second-order valence-corrected chi connectivity index (χ2v) is 4.54. The number of nitrogens with one attached hydrogen (secondary N) is 1. The van der Waals surface area contributed by atoms with Gasteiger partial charge in [0.25, 0.3) is 10.2 Å². The van der Waals surface area contributed by atoms with E-state index in [0.717, 1.165) is 0 Å². The predicted octanol–water partition coefficient (Wildman–Crippen LogP) is 0.973. The van der Waals surface area contributed by atoms with E-state index < -0.39 is 10.2 Å². The normalized spacial score (nSPS) is 11.0. The molecule has 16 heavy (non-hydrogen) atoms. The maximum absolute atomic E-state index is 10.8. The van der Waals surface area contributed by atoms with E-state index >= 15 is 0 Å². The Hall–Kier alpha value is -1.18. The SMILES string of the molecule is COc1cc(Cl)c(NS(N)(=O)=O)cc1OC. The van der Waals surface area contributed by atoms with Crippen LogP contribution in [-0.4, -0.2) is 22.6 Å². The van der Waals surface area contributed by atoms with E-state index in [-0.39, 0.29) is 10.7 Å². The number of anilines is 1. The Balaban J connectivity index is 3.21. The monoisotopic (exact) mass is 266 g/mol. The quantitative estimate of drug-likeness (QED) is 0.850. The van der Waals surface area contributed by atoms with E-state index in [1.54, 1.807) is 0 Å². The van der Waals surface area contributed by atoms with Crippen molar-refractivity contribution in [3.8, 4) is 11.5 Å². The molecule has 0 radical (unpaired) electrons. The summed E-state index contributed by atoms with van der Waals surface area (Å²) in [5.41, 5.74) is 0.127. The lowest BCUT2D eigenvalue weighted by atomic mass is 10.3. The van der Waals surface area contributed by atoms with Crippen LogP contribution >= 0.6 is 11.6 Å². The lowest BCUT2D eigenvalue weighted by Crippen LogP contribution is -2.21. The fourth-order valence-corrected chi connectivity index (χ4v) is 1.82. The summed E-state index contributed by atoms with van der Waals surface area (Å²) in [6.07, 6.45) is 0. The van der Waals surface area contributed by atoms with Crippen LogP contribution in [0.4, 0.5) is 5.69 Å². The fraction of sp³-hybridized carbons (Fsp3) is 0.250. The number of hydrogen-bond acceptors (Lipinski definition) is 4. The van der Waals surface area contributed by atoms with Gasteiger partial charge in [0.2, 0.25) is 0 Å². The van der Waals surface area contributed by atoms with E-state index in [4.69, 9.17) is 26.2 Å². The summed E-state index contributed by atoms with van der Waals surface area (Å²) >= 11 is 5.83. The zero-order valence-electron chi connectivity index (χ0n) is 8.65. The van der Waals surface area contributed by atoms with Crippen molar-refractivity contribution in [1.29, 1.82) is 0 Å². The summed E-state index contributed by atoms with van der Waals surface area (Å²) in [5.74, 6) is 0.741. The van der Waals surface area contributed by atoms with Crippen molar-refractivity contribution in [2.24, 2.45) is 5.14 Å². The van der Waals surface area contributed by atoms with E-state index in [2.05, 4.69) is 4.72 Å². The van der Waals surface area contributed by atoms with Gasteiger partial charge in [-0.05, 0) is 0 Å². The Morgan fingerprint density at radius 2 is 1.75 bits per heavy atom. The average molecular weight is 267 g/mol. The van der Waals surface area contributed by atoms with Gasteiger partial charge in [-0.15, -0.1) is 0 Å². The van der Waals surface area contributed by atoms with Gasteiger partial charge in [0.1, 0.15) is 0 Å².